The summed E-state index contributed by atoms with van der Waals surface area (Å²) < 4.78 is 5.39. The predicted octanol–water partition coefficient (Wildman–Crippen LogP) is 3.05. The molecule has 20 heavy (non-hydrogen) atoms. The quantitative estimate of drug-likeness (QED) is 0.789. The smallest absolute Gasteiger partial charge is 0.312 e. The Labute approximate surface area is 115 Å². The Morgan fingerprint density at radius 2 is 1.90 bits per heavy atom. The lowest BCUT2D eigenvalue weighted by molar-refractivity contribution is -0.136. The Morgan fingerprint density at radius 3 is 2.65 bits per heavy atom. The number of hydrogen-bond donors (Lipinski definition) is 1. The number of aromatic nitrogens is 1. The van der Waals surface area contributed by atoms with E-state index in [0.29, 0.717) is 11.1 Å². The van der Waals surface area contributed by atoms with Crippen molar-refractivity contribution in [2.24, 2.45) is 0 Å². The van der Waals surface area contributed by atoms with Crippen molar-refractivity contribution in [3.8, 4) is 0 Å². The van der Waals surface area contributed by atoms with E-state index >= 15 is 0 Å². The van der Waals surface area contributed by atoms with Gasteiger partial charge in [-0.15, -0.1) is 0 Å². The number of fused-ring (bicyclic) bond motifs is 1. The van der Waals surface area contributed by atoms with Gasteiger partial charge in [0.05, 0.1) is 0 Å². The number of hydrogen-bond acceptors (Lipinski definition) is 3. The molecular formula is C16H13NO3. The van der Waals surface area contributed by atoms with Crippen LogP contribution in [0.1, 0.15) is 17.0 Å². The fourth-order valence-electron chi connectivity index (χ4n) is 2.17. The average molecular weight is 267 g/mol. The molecule has 0 saturated carbocycles. The summed E-state index contributed by atoms with van der Waals surface area (Å²) in [4.78, 5) is 14.9. The van der Waals surface area contributed by atoms with Gasteiger partial charge in [0.2, 0.25) is 5.89 Å². The average Bonchev–Trinajstić information content (AvgIpc) is 2.80. The Balaban J connectivity index is 1.88. The Kier molecular flexibility index (Phi) is 3.21. The molecule has 0 amide bonds. The molecule has 0 unspecified atom stereocenters. The molecule has 4 heteroatoms. The van der Waals surface area contributed by atoms with Crippen LogP contribution in [0.4, 0.5) is 0 Å². The third-order valence-electron chi connectivity index (χ3n) is 3.05. The highest BCUT2D eigenvalue weighted by Crippen LogP contribution is 2.19. The van der Waals surface area contributed by atoms with Crippen LogP contribution in [0.2, 0.25) is 0 Å². The minimum atomic E-state index is -0.943. The van der Waals surface area contributed by atoms with Crippen molar-refractivity contribution in [1.29, 1.82) is 0 Å². The number of oxazole rings is 1. The van der Waals surface area contributed by atoms with E-state index in [1.807, 2.05) is 36.4 Å². The summed E-state index contributed by atoms with van der Waals surface area (Å²) in [6.45, 7) is 0. The number of nitrogens with zero attached hydrogens (tertiary/aromatic N) is 1. The molecule has 3 rings (SSSR count). The van der Waals surface area contributed by atoms with Gasteiger partial charge in [-0.05, 0) is 29.7 Å². The lowest BCUT2D eigenvalue weighted by Crippen LogP contribution is -1.99. The topological polar surface area (TPSA) is 63.3 Å². The minimum Gasteiger partial charge on any atom is -0.481 e. The molecule has 0 aliphatic carbocycles. The third-order valence-corrected chi connectivity index (χ3v) is 3.05. The van der Waals surface area contributed by atoms with E-state index in [-0.39, 0.29) is 12.3 Å². The van der Waals surface area contributed by atoms with Gasteiger partial charge in [-0.2, -0.15) is 0 Å². The number of carbonyl (C=O) groups is 1. The summed E-state index contributed by atoms with van der Waals surface area (Å²) in [5, 5.41) is 8.74. The van der Waals surface area contributed by atoms with E-state index < -0.39 is 5.97 Å². The summed E-state index contributed by atoms with van der Waals surface area (Å²) >= 11 is 0. The lowest BCUT2D eigenvalue weighted by atomic mass is 10.0. The van der Waals surface area contributed by atoms with E-state index in [0.717, 1.165) is 12.0 Å². The molecule has 4 nitrogen and oxygen atoms in total. The molecule has 0 saturated heterocycles. The van der Waals surface area contributed by atoms with Gasteiger partial charge >= 0.3 is 5.97 Å². The fraction of sp³-hybridized carbons (Fsp3) is 0.125. The summed E-state index contributed by atoms with van der Waals surface area (Å²) in [7, 11) is 0. The normalized spacial score (nSPS) is 10.8. The Bertz CT molecular complexity index is 747. The van der Waals surface area contributed by atoms with Crippen LogP contribution < -0.4 is 0 Å². The van der Waals surface area contributed by atoms with Crippen molar-refractivity contribution < 1.29 is 14.3 Å². The van der Waals surface area contributed by atoms with Gasteiger partial charge in [-0.1, -0.05) is 36.4 Å². The van der Waals surface area contributed by atoms with Crippen molar-refractivity contribution >= 4 is 17.1 Å². The van der Waals surface area contributed by atoms with E-state index in [1.54, 1.807) is 0 Å². The SMILES string of the molecule is O=C(O)Cc1nc2cc(Cc3ccccc3)ccc2o1. The maximum atomic E-state index is 10.7. The first-order valence-corrected chi connectivity index (χ1v) is 6.35. The maximum absolute atomic E-state index is 10.7. The van der Waals surface area contributed by atoms with Gasteiger partial charge in [0, 0.05) is 0 Å². The lowest BCUT2D eigenvalue weighted by Gasteiger charge is -2.00. The van der Waals surface area contributed by atoms with E-state index in [1.165, 1.54) is 5.56 Å². The molecule has 2 aromatic carbocycles. The second-order valence-electron chi connectivity index (χ2n) is 4.64. The van der Waals surface area contributed by atoms with Gasteiger partial charge in [0.1, 0.15) is 11.9 Å². The van der Waals surface area contributed by atoms with Crippen molar-refractivity contribution in [1.82, 2.24) is 4.98 Å². The summed E-state index contributed by atoms with van der Waals surface area (Å²) in [6, 6.07) is 15.9. The highest BCUT2D eigenvalue weighted by atomic mass is 16.4. The highest BCUT2D eigenvalue weighted by molar-refractivity contribution is 5.75. The van der Waals surface area contributed by atoms with Gasteiger partial charge in [0.15, 0.2) is 5.58 Å². The first-order chi connectivity index (χ1) is 9.70. The minimum absolute atomic E-state index is 0.192. The van der Waals surface area contributed by atoms with Crippen molar-refractivity contribution in [2.45, 2.75) is 12.8 Å². The van der Waals surface area contributed by atoms with Crippen LogP contribution in [-0.2, 0) is 17.6 Å². The van der Waals surface area contributed by atoms with Crippen molar-refractivity contribution in [3.05, 3.63) is 65.5 Å². The zero-order valence-electron chi connectivity index (χ0n) is 10.7. The number of benzene rings is 2. The second-order valence-corrected chi connectivity index (χ2v) is 4.64. The van der Waals surface area contributed by atoms with Crippen LogP contribution in [0.25, 0.3) is 11.1 Å². The molecule has 0 radical (unpaired) electrons. The Hall–Kier alpha value is -2.62. The van der Waals surface area contributed by atoms with Crippen LogP contribution in [0.5, 0.6) is 0 Å². The first kappa shape index (κ1) is 12.4. The summed E-state index contributed by atoms with van der Waals surface area (Å²) in [5.74, 6) is -0.703. The molecule has 0 bridgehead atoms. The predicted molar refractivity (Wildman–Crippen MR) is 74.6 cm³/mol. The number of carboxylic acids is 1. The fourth-order valence-corrected chi connectivity index (χ4v) is 2.17. The van der Waals surface area contributed by atoms with E-state index in [9.17, 15) is 4.79 Å². The van der Waals surface area contributed by atoms with Gasteiger partial charge in [-0.3, -0.25) is 4.79 Å². The highest BCUT2D eigenvalue weighted by Gasteiger charge is 2.10. The van der Waals surface area contributed by atoms with Crippen LogP contribution in [0.15, 0.2) is 52.9 Å². The number of aliphatic carboxylic acids is 1. The number of carboxylic acid groups (broad SMARTS) is 1. The zero-order chi connectivity index (χ0) is 13.9. The molecule has 1 N–H and O–H groups in total. The standard InChI is InChI=1S/C16H13NO3/c18-16(19)10-15-17-13-9-12(6-7-14(13)20-15)8-11-4-2-1-3-5-11/h1-7,9H,8,10H2,(H,18,19). The molecule has 0 aliphatic heterocycles. The third kappa shape index (κ3) is 2.69. The number of rotatable bonds is 4. The molecule has 0 atom stereocenters. The van der Waals surface area contributed by atoms with E-state index in [4.69, 9.17) is 9.52 Å². The van der Waals surface area contributed by atoms with Gasteiger partial charge in [-0.25, -0.2) is 4.98 Å². The monoisotopic (exact) mass is 267 g/mol. The molecule has 0 spiro atoms. The first-order valence-electron chi connectivity index (χ1n) is 6.35. The maximum Gasteiger partial charge on any atom is 0.312 e. The summed E-state index contributed by atoms with van der Waals surface area (Å²) in [5.41, 5.74) is 3.67. The zero-order valence-corrected chi connectivity index (χ0v) is 10.7. The molecule has 3 aromatic rings. The molecule has 0 aliphatic rings. The largest absolute Gasteiger partial charge is 0.481 e. The molecular weight excluding hydrogens is 254 g/mol. The molecule has 1 heterocycles. The second kappa shape index (κ2) is 5.17. The van der Waals surface area contributed by atoms with Crippen molar-refractivity contribution in [3.63, 3.8) is 0 Å². The molecule has 1 aromatic heterocycles. The van der Waals surface area contributed by atoms with Crippen LogP contribution >= 0.6 is 0 Å². The van der Waals surface area contributed by atoms with Gasteiger partial charge < -0.3 is 9.52 Å². The Morgan fingerprint density at radius 1 is 1.10 bits per heavy atom. The van der Waals surface area contributed by atoms with Crippen LogP contribution in [0.3, 0.4) is 0 Å². The van der Waals surface area contributed by atoms with Crippen LogP contribution in [0, 0.1) is 0 Å². The van der Waals surface area contributed by atoms with Gasteiger partial charge in [0.25, 0.3) is 0 Å². The molecule has 100 valence electrons. The van der Waals surface area contributed by atoms with E-state index in [2.05, 4.69) is 17.1 Å². The van der Waals surface area contributed by atoms with Crippen molar-refractivity contribution in [2.75, 3.05) is 0 Å². The van der Waals surface area contributed by atoms with Crippen LogP contribution in [-0.4, -0.2) is 16.1 Å². The molecule has 0 fully saturated rings. The summed E-state index contributed by atoms with van der Waals surface area (Å²) in [6.07, 6.45) is 0.626.